The molecule has 0 N–H and O–H groups in total. The first-order valence-corrected chi connectivity index (χ1v) is 7.68. The molecule has 0 aromatic heterocycles. The highest BCUT2D eigenvalue weighted by Crippen LogP contribution is 2.34. The first-order chi connectivity index (χ1) is 8.52. The Kier molecular flexibility index (Phi) is 3.64. The SMILES string of the molecule is Cc1ccc(C(N=C=O)C2CCS(=O)(=O)C2)cc1. The number of nitrogens with zero attached hydrogens (tertiary/aromatic N) is 1. The molecule has 1 heterocycles. The Balaban J connectivity index is 2.29. The van der Waals surface area contributed by atoms with Gasteiger partial charge in [-0.25, -0.2) is 13.2 Å². The number of carbonyl (C=O) groups excluding carboxylic acids is 1. The lowest BCUT2D eigenvalue weighted by Crippen LogP contribution is -2.13. The van der Waals surface area contributed by atoms with Crippen LogP contribution >= 0.6 is 0 Å². The molecule has 1 aromatic rings. The van der Waals surface area contributed by atoms with E-state index in [0.29, 0.717) is 6.42 Å². The summed E-state index contributed by atoms with van der Waals surface area (Å²) >= 11 is 0. The smallest absolute Gasteiger partial charge is 0.229 e. The van der Waals surface area contributed by atoms with Gasteiger partial charge in [-0.3, -0.25) is 0 Å². The lowest BCUT2D eigenvalue weighted by Gasteiger charge is -2.17. The second-order valence-corrected chi connectivity index (χ2v) is 6.97. The van der Waals surface area contributed by atoms with Gasteiger partial charge in [0.1, 0.15) is 0 Å². The van der Waals surface area contributed by atoms with Gasteiger partial charge in [0.2, 0.25) is 6.08 Å². The maximum absolute atomic E-state index is 11.5. The van der Waals surface area contributed by atoms with Crippen LogP contribution < -0.4 is 0 Å². The molecule has 0 aliphatic carbocycles. The summed E-state index contributed by atoms with van der Waals surface area (Å²) in [5.74, 6) is 0.185. The molecular formula is C13H15NO3S. The molecule has 1 fully saturated rings. The minimum atomic E-state index is -2.96. The van der Waals surface area contributed by atoms with E-state index >= 15 is 0 Å². The van der Waals surface area contributed by atoms with Gasteiger partial charge in [0.15, 0.2) is 9.84 Å². The van der Waals surface area contributed by atoms with Crippen LogP contribution in [0.5, 0.6) is 0 Å². The summed E-state index contributed by atoms with van der Waals surface area (Å²) in [6.07, 6.45) is 2.13. The number of aliphatic imine (C=N–C) groups is 1. The summed E-state index contributed by atoms with van der Waals surface area (Å²) in [6.45, 7) is 1.97. The second kappa shape index (κ2) is 5.04. The highest BCUT2D eigenvalue weighted by Gasteiger charge is 2.34. The quantitative estimate of drug-likeness (QED) is 0.618. The minimum Gasteiger partial charge on any atom is -0.229 e. The number of isocyanates is 1. The summed E-state index contributed by atoms with van der Waals surface area (Å²) in [6, 6.07) is 7.27. The van der Waals surface area contributed by atoms with Crippen molar-refractivity contribution in [2.24, 2.45) is 10.9 Å². The lowest BCUT2D eigenvalue weighted by atomic mass is 9.92. The van der Waals surface area contributed by atoms with Crippen LogP contribution in [0.15, 0.2) is 29.3 Å². The first-order valence-electron chi connectivity index (χ1n) is 5.86. The zero-order valence-electron chi connectivity index (χ0n) is 10.2. The molecule has 1 aromatic carbocycles. The highest BCUT2D eigenvalue weighted by molar-refractivity contribution is 7.91. The van der Waals surface area contributed by atoms with Crippen LogP contribution in [0.1, 0.15) is 23.6 Å². The van der Waals surface area contributed by atoms with E-state index in [1.165, 1.54) is 0 Å². The number of sulfone groups is 1. The monoisotopic (exact) mass is 265 g/mol. The third kappa shape index (κ3) is 2.86. The molecule has 0 spiro atoms. The standard InChI is InChI=1S/C13H15NO3S/c1-10-2-4-11(5-3-10)13(14-9-15)12-6-7-18(16,17)8-12/h2-5,12-13H,6-8H2,1H3. The molecule has 4 nitrogen and oxygen atoms in total. The third-order valence-corrected chi connectivity index (χ3v) is 5.12. The number of hydrogen-bond acceptors (Lipinski definition) is 4. The number of benzene rings is 1. The Bertz CT molecular complexity index is 571. The molecule has 5 heteroatoms. The molecule has 1 aliphatic rings. The molecule has 96 valence electrons. The van der Waals surface area contributed by atoms with Gasteiger partial charge in [0.25, 0.3) is 0 Å². The molecule has 0 amide bonds. The third-order valence-electron chi connectivity index (χ3n) is 3.32. The second-order valence-electron chi connectivity index (χ2n) is 4.74. The van der Waals surface area contributed by atoms with Crippen molar-refractivity contribution in [3.05, 3.63) is 35.4 Å². The van der Waals surface area contributed by atoms with Crippen LogP contribution in [0.25, 0.3) is 0 Å². The molecule has 0 saturated carbocycles. The van der Waals surface area contributed by atoms with Crippen molar-refractivity contribution in [2.75, 3.05) is 11.5 Å². The Morgan fingerprint density at radius 1 is 1.33 bits per heavy atom. The van der Waals surface area contributed by atoms with Gasteiger partial charge in [0.05, 0.1) is 17.5 Å². The summed E-state index contributed by atoms with van der Waals surface area (Å²) in [4.78, 5) is 14.3. The van der Waals surface area contributed by atoms with Crippen molar-refractivity contribution < 1.29 is 13.2 Å². The van der Waals surface area contributed by atoms with Crippen molar-refractivity contribution in [3.8, 4) is 0 Å². The Hall–Kier alpha value is -1.45. The van der Waals surface area contributed by atoms with Crippen molar-refractivity contribution in [2.45, 2.75) is 19.4 Å². The fourth-order valence-electron chi connectivity index (χ4n) is 2.35. The Labute approximate surface area is 107 Å². The van der Waals surface area contributed by atoms with Crippen molar-refractivity contribution in [1.29, 1.82) is 0 Å². The largest absolute Gasteiger partial charge is 0.235 e. The Morgan fingerprint density at radius 3 is 2.50 bits per heavy atom. The summed E-state index contributed by atoms with van der Waals surface area (Å²) < 4.78 is 23.0. The van der Waals surface area contributed by atoms with E-state index in [1.54, 1.807) is 6.08 Å². The zero-order chi connectivity index (χ0) is 13.2. The molecular weight excluding hydrogens is 250 g/mol. The van der Waals surface area contributed by atoms with Gasteiger partial charge >= 0.3 is 0 Å². The summed E-state index contributed by atoms with van der Waals surface area (Å²) in [5.41, 5.74) is 2.00. The normalized spacial score (nSPS) is 23.3. The fourth-order valence-corrected chi connectivity index (χ4v) is 4.18. The molecule has 0 bridgehead atoms. The lowest BCUT2D eigenvalue weighted by molar-refractivity contribution is 0.474. The van der Waals surface area contributed by atoms with Crippen LogP contribution in [0.3, 0.4) is 0 Å². The van der Waals surface area contributed by atoms with E-state index in [-0.39, 0.29) is 23.5 Å². The van der Waals surface area contributed by atoms with Gasteiger partial charge < -0.3 is 0 Å². The predicted molar refractivity (Wildman–Crippen MR) is 68.8 cm³/mol. The average Bonchev–Trinajstić information content (AvgIpc) is 2.68. The van der Waals surface area contributed by atoms with E-state index in [1.807, 2.05) is 31.2 Å². The number of aryl methyl sites for hydroxylation is 1. The van der Waals surface area contributed by atoms with Crippen LogP contribution in [0.2, 0.25) is 0 Å². The van der Waals surface area contributed by atoms with E-state index in [9.17, 15) is 13.2 Å². The molecule has 18 heavy (non-hydrogen) atoms. The van der Waals surface area contributed by atoms with Crippen LogP contribution in [-0.2, 0) is 14.6 Å². The maximum atomic E-state index is 11.5. The predicted octanol–water partition coefficient (Wildman–Crippen LogP) is 1.81. The highest BCUT2D eigenvalue weighted by atomic mass is 32.2. The van der Waals surface area contributed by atoms with E-state index in [0.717, 1.165) is 11.1 Å². The van der Waals surface area contributed by atoms with Gasteiger partial charge in [-0.2, -0.15) is 4.99 Å². The first kappa shape index (κ1) is 13.0. The molecule has 0 radical (unpaired) electrons. The van der Waals surface area contributed by atoms with Crippen molar-refractivity contribution >= 4 is 15.9 Å². The maximum Gasteiger partial charge on any atom is 0.235 e. The summed E-state index contributed by atoms with van der Waals surface area (Å²) in [5, 5.41) is 0. The van der Waals surface area contributed by atoms with Gasteiger partial charge in [0, 0.05) is 5.92 Å². The zero-order valence-corrected chi connectivity index (χ0v) is 11.0. The van der Waals surface area contributed by atoms with E-state index < -0.39 is 9.84 Å². The molecule has 2 unspecified atom stereocenters. The minimum absolute atomic E-state index is 0.108. The average molecular weight is 265 g/mol. The van der Waals surface area contributed by atoms with Crippen LogP contribution in [0.4, 0.5) is 0 Å². The van der Waals surface area contributed by atoms with E-state index in [4.69, 9.17) is 0 Å². The molecule has 2 atom stereocenters. The molecule has 1 aliphatic heterocycles. The van der Waals surface area contributed by atoms with Crippen LogP contribution in [0, 0.1) is 12.8 Å². The van der Waals surface area contributed by atoms with E-state index in [2.05, 4.69) is 4.99 Å². The van der Waals surface area contributed by atoms with Crippen LogP contribution in [-0.4, -0.2) is 26.0 Å². The Morgan fingerprint density at radius 2 is 2.00 bits per heavy atom. The summed E-state index contributed by atoms with van der Waals surface area (Å²) in [7, 11) is -2.96. The van der Waals surface area contributed by atoms with Crippen molar-refractivity contribution in [3.63, 3.8) is 0 Å². The topological polar surface area (TPSA) is 63.6 Å². The van der Waals surface area contributed by atoms with Crippen molar-refractivity contribution in [1.82, 2.24) is 0 Å². The van der Waals surface area contributed by atoms with Gasteiger partial charge in [-0.1, -0.05) is 29.8 Å². The van der Waals surface area contributed by atoms with Gasteiger partial charge in [-0.05, 0) is 18.9 Å². The fraction of sp³-hybridized carbons (Fsp3) is 0.462. The van der Waals surface area contributed by atoms with Gasteiger partial charge in [-0.15, -0.1) is 0 Å². The number of hydrogen-bond donors (Lipinski definition) is 0. The molecule has 1 saturated heterocycles. The number of rotatable bonds is 3. The molecule has 2 rings (SSSR count).